The number of piperidine rings is 1. The van der Waals surface area contributed by atoms with Crippen LogP contribution in [0.3, 0.4) is 0 Å². The summed E-state index contributed by atoms with van der Waals surface area (Å²) in [4.78, 5) is 7.07. The number of halogens is 1. The Morgan fingerprint density at radius 3 is 2.87 bits per heavy atom. The van der Waals surface area contributed by atoms with Crippen molar-refractivity contribution >= 4 is 16.5 Å². The average molecular weight is 328 g/mol. The topological polar surface area (TPSA) is 34.0 Å². The van der Waals surface area contributed by atoms with Crippen molar-refractivity contribution in [2.75, 3.05) is 18.0 Å². The number of hydrogen-bond acceptors (Lipinski definition) is 4. The van der Waals surface area contributed by atoms with Crippen LogP contribution in [0, 0.1) is 5.82 Å². The lowest BCUT2D eigenvalue weighted by molar-refractivity contribution is 0.376. The fraction of sp³-hybridized carbons (Fsp3) is 0.294. The van der Waals surface area contributed by atoms with Crippen LogP contribution in [0.5, 0.6) is 0 Å². The van der Waals surface area contributed by atoms with Crippen LogP contribution in [-0.2, 0) is 0 Å². The lowest BCUT2D eigenvalue weighted by atomic mass is 10.1. The van der Waals surface area contributed by atoms with E-state index in [1.54, 1.807) is 23.5 Å². The van der Waals surface area contributed by atoms with Crippen molar-refractivity contribution in [1.82, 2.24) is 14.8 Å². The van der Waals surface area contributed by atoms with E-state index in [9.17, 15) is 4.39 Å². The molecular weight excluding hydrogens is 311 g/mol. The Balaban J connectivity index is 1.53. The van der Waals surface area contributed by atoms with E-state index >= 15 is 0 Å². The number of benzene rings is 1. The lowest BCUT2D eigenvalue weighted by Crippen LogP contribution is -2.36. The lowest BCUT2D eigenvalue weighted by Gasteiger charge is -2.32. The van der Waals surface area contributed by atoms with E-state index in [1.165, 1.54) is 12.1 Å². The van der Waals surface area contributed by atoms with Crippen LogP contribution in [0.1, 0.15) is 18.9 Å². The minimum atomic E-state index is -0.220. The highest BCUT2D eigenvalue weighted by molar-refractivity contribution is 7.14. The first-order valence-corrected chi connectivity index (χ1v) is 8.63. The van der Waals surface area contributed by atoms with Gasteiger partial charge in [-0.1, -0.05) is 0 Å². The molecular formula is C17H17FN4S. The van der Waals surface area contributed by atoms with E-state index in [1.807, 2.05) is 28.5 Å². The molecule has 1 unspecified atom stereocenters. The summed E-state index contributed by atoms with van der Waals surface area (Å²) in [6.07, 6.45) is 6.14. The van der Waals surface area contributed by atoms with E-state index < -0.39 is 0 Å². The number of aromatic nitrogens is 3. The minimum Gasteiger partial charge on any atom is -0.346 e. The summed E-state index contributed by atoms with van der Waals surface area (Å²) in [6, 6.07) is 8.87. The molecule has 118 valence electrons. The monoisotopic (exact) mass is 328 g/mol. The molecule has 23 heavy (non-hydrogen) atoms. The third kappa shape index (κ3) is 2.99. The van der Waals surface area contributed by atoms with Gasteiger partial charge < -0.3 is 4.90 Å². The second-order valence-electron chi connectivity index (χ2n) is 5.75. The van der Waals surface area contributed by atoms with Crippen LogP contribution in [0.25, 0.3) is 11.3 Å². The maximum Gasteiger partial charge on any atom is 0.185 e. The summed E-state index contributed by atoms with van der Waals surface area (Å²) in [5, 5.41) is 7.44. The third-order valence-electron chi connectivity index (χ3n) is 4.20. The Hall–Kier alpha value is -2.21. The van der Waals surface area contributed by atoms with Crippen LogP contribution in [0.15, 0.2) is 48.1 Å². The highest BCUT2D eigenvalue weighted by Gasteiger charge is 2.23. The molecule has 0 aliphatic carbocycles. The van der Waals surface area contributed by atoms with Gasteiger partial charge in [0.1, 0.15) is 5.82 Å². The molecule has 1 aromatic carbocycles. The molecule has 1 aliphatic heterocycles. The molecule has 0 radical (unpaired) electrons. The standard InChI is InChI=1S/C17H17FN4S/c18-14-6-4-13(5-7-14)16-12-23-17(20-16)21-9-1-3-15(11-21)22-10-2-8-19-22/h2,4-8,10,12,15H,1,3,9,11H2. The van der Waals surface area contributed by atoms with Crippen LogP contribution in [0.4, 0.5) is 9.52 Å². The molecule has 1 saturated heterocycles. The van der Waals surface area contributed by atoms with Gasteiger partial charge in [0.25, 0.3) is 0 Å². The largest absolute Gasteiger partial charge is 0.346 e. The predicted molar refractivity (Wildman–Crippen MR) is 90.2 cm³/mol. The van der Waals surface area contributed by atoms with Gasteiger partial charge >= 0.3 is 0 Å². The summed E-state index contributed by atoms with van der Waals surface area (Å²) >= 11 is 1.65. The van der Waals surface area contributed by atoms with Crippen LogP contribution >= 0.6 is 11.3 Å². The number of nitrogens with zero attached hydrogens (tertiary/aromatic N) is 4. The quantitative estimate of drug-likeness (QED) is 0.729. The van der Waals surface area contributed by atoms with Crippen molar-refractivity contribution in [2.24, 2.45) is 0 Å². The summed E-state index contributed by atoms with van der Waals surface area (Å²) in [6.45, 7) is 1.95. The van der Waals surface area contributed by atoms with Crippen LogP contribution in [-0.4, -0.2) is 27.9 Å². The first-order chi connectivity index (χ1) is 11.3. The average Bonchev–Trinajstić information content (AvgIpc) is 3.28. The van der Waals surface area contributed by atoms with Crippen molar-refractivity contribution in [1.29, 1.82) is 0 Å². The molecule has 0 amide bonds. The van der Waals surface area contributed by atoms with E-state index in [2.05, 4.69) is 10.00 Å². The van der Waals surface area contributed by atoms with E-state index in [-0.39, 0.29) is 5.82 Å². The normalized spacial score (nSPS) is 18.3. The number of thiazole rings is 1. The van der Waals surface area contributed by atoms with Crippen molar-refractivity contribution in [3.8, 4) is 11.3 Å². The van der Waals surface area contributed by atoms with Gasteiger partial charge in [0.15, 0.2) is 5.13 Å². The van der Waals surface area contributed by atoms with Gasteiger partial charge in [0.05, 0.1) is 11.7 Å². The Labute approximate surface area is 138 Å². The molecule has 1 aliphatic rings. The molecule has 3 heterocycles. The second kappa shape index (κ2) is 6.12. The Kier molecular flexibility index (Phi) is 3.83. The van der Waals surface area contributed by atoms with Gasteiger partial charge in [0, 0.05) is 36.4 Å². The van der Waals surface area contributed by atoms with E-state index in [0.717, 1.165) is 42.3 Å². The zero-order chi connectivity index (χ0) is 15.6. The Bertz CT molecular complexity index is 766. The molecule has 4 rings (SSSR count). The molecule has 0 N–H and O–H groups in total. The Morgan fingerprint density at radius 1 is 1.22 bits per heavy atom. The third-order valence-corrected chi connectivity index (χ3v) is 5.10. The highest BCUT2D eigenvalue weighted by Crippen LogP contribution is 2.31. The zero-order valence-electron chi connectivity index (χ0n) is 12.6. The summed E-state index contributed by atoms with van der Waals surface area (Å²) in [7, 11) is 0. The minimum absolute atomic E-state index is 0.220. The van der Waals surface area contributed by atoms with Crippen LogP contribution < -0.4 is 4.90 Å². The Morgan fingerprint density at radius 2 is 2.09 bits per heavy atom. The van der Waals surface area contributed by atoms with E-state index in [4.69, 9.17) is 4.98 Å². The number of rotatable bonds is 3. The van der Waals surface area contributed by atoms with Gasteiger partial charge in [0.2, 0.25) is 0 Å². The fourth-order valence-corrected chi connectivity index (χ4v) is 3.88. The molecule has 2 aromatic heterocycles. The molecule has 0 saturated carbocycles. The van der Waals surface area contributed by atoms with Gasteiger partial charge in [-0.05, 0) is 43.2 Å². The van der Waals surface area contributed by atoms with E-state index in [0.29, 0.717) is 6.04 Å². The molecule has 4 nitrogen and oxygen atoms in total. The second-order valence-corrected chi connectivity index (χ2v) is 6.59. The molecule has 0 bridgehead atoms. The summed E-state index contributed by atoms with van der Waals surface area (Å²) < 4.78 is 15.1. The predicted octanol–water partition coefficient (Wildman–Crippen LogP) is 3.99. The SMILES string of the molecule is Fc1ccc(-c2csc(N3CCCC(n4cccn4)C3)n2)cc1. The first-order valence-electron chi connectivity index (χ1n) is 7.75. The fourth-order valence-electron chi connectivity index (χ4n) is 3.00. The van der Waals surface area contributed by atoms with Crippen molar-refractivity contribution < 1.29 is 4.39 Å². The zero-order valence-corrected chi connectivity index (χ0v) is 13.4. The van der Waals surface area contributed by atoms with Gasteiger partial charge in [-0.15, -0.1) is 11.3 Å². The maximum absolute atomic E-state index is 13.0. The van der Waals surface area contributed by atoms with Gasteiger partial charge in [-0.2, -0.15) is 5.10 Å². The molecule has 6 heteroatoms. The van der Waals surface area contributed by atoms with Crippen molar-refractivity contribution in [2.45, 2.75) is 18.9 Å². The molecule has 1 atom stereocenters. The molecule has 0 spiro atoms. The van der Waals surface area contributed by atoms with Gasteiger partial charge in [-0.25, -0.2) is 9.37 Å². The summed E-state index contributed by atoms with van der Waals surface area (Å²) in [5.41, 5.74) is 1.86. The highest BCUT2D eigenvalue weighted by atomic mass is 32.1. The first kappa shape index (κ1) is 14.4. The maximum atomic E-state index is 13.0. The van der Waals surface area contributed by atoms with Gasteiger partial charge in [-0.3, -0.25) is 4.68 Å². The number of hydrogen-bond donors (Lipinski definition) is 0. The van der Waals surface area contributed by atoms with Crippen molar-refractivity contribution in [3.05, 3.63) is 53.9 Å². The van der Waals surface area contributed by atoms with Crippen molar-refractivity contribution in [3.63, 3.8) is 0 Å². The van der Waals surface area contributed by atoms with Crippen LogP contribution in [0.2, 0.25) is 0 Å². The molecule has 3 aromatic rings. The summed E-state index contributed by atoms with van der Waals surface area (Å²) in [5.74, 6) is -0.220. The molecule has 1 fully saturated rings. The number of anilines is 1. The smallest absolute Gasteiger partial charge is 0.185 e.